The summed E-state index contributed by atoms with van der Waals surface area (Å²) in [6.07, 6.45) is 0. The van der Waals surface area contributed by atoms with Crippen LogP contribution >= 0.6 is 0 Å². The molecule has 0 bridgehead atoms. The lowest BCUT2D eigenvalue weighted by molar-refractivity contribution is 1.44. The van der Waals surface area contributed by atoms with Crippen LogP contribution in [0.15, 0.2) is 158 Å². The van der Waals surface area contributed by atoms with E-state index >= 15 is 0 Å². The topological polar surface area (TPSA) is 0 Å². The highest BCUT2D eigenvalue weighted by Crippen LogP contribution is 2.46. The van der Waals surface area contributed by atoms with Crippen LogP contribution in [0.25, 0.3) is 87.2 Å². The van der Waals surface area contributed by atoms with E-state index in [4.69, 9.17) is 0 Å². The molecular formula is C46H32. The zero-order valence-corrected chi connectivity index (χ0v) is 26.0. The smallest absolute Gasteiger partial charge is 0.00262 e. The molecule has 0 unspecified atom stereocenters. The molecule has 46 heavy (non-hydrogen) atoms. The highest BCUT2D eigenvalue weighted by molar-refractivity contribution is 6.22. The predicted octanol–water partition coefficient (Wildman–Crippen LogP) is 13.1. The van der Waals surface area contributed by atoms with Crippen molar-refractivity contribution >= 4 is 53.9 Å². The van der Waals surface area contributed by atoms with Crippen molar-refractivity contribution in [2.45, 2.75) is 13.8 Å². The van der Waals surface area contributed by atoms with Gasteiger partial charge in [-0.1, -0.05) is 152 Å². The minimum Gasteiger partial charge on any atom is -0.0616 e. The summed E-state index contributed by atoms with van der Waals surface area (Å²) in [7, 11) is 0. The Labute approximate surface area is 269 Å². The molecule has 9 aromatic carbocycles. The molecule has 0 aliphatic carbocycles. The molecular weight excluding hydrogens is 553 g/mol. The molecule has 0 spiro atoms. The molecule has 0 aliphatic heterocycles. The van der Waals surface area contributed by atoms with Crippen molar-refractivity contribution in [3.05, 3.63) is 169 Å². The minimum absolute atomic E-state index is 1.25. The monoisotopic (exact) mass is 584 g/mol. The summed E-state index contributed by atoms with van der Waals surface area (Å²) in [5.74, 6) is 0. The third-order valence-corrected chi connectivity index (χ3v) is 9.95. The maximum absolute atomic E-state index is 2.41. The van der Waals surface area contributed by atoms with Crippen molar-refractivity contribution in [2.24, 2.45) is 0 Å². The fourth-order valence-electron chi connectivity index (χ4n) is 7.86. The van der Waals surface area contributed by atoms with E-state index in [-0.39, 0.29) is 0 Å². The highest BCUT2D eigenvalue weighted by atomic mass is 14.2. The van der Waals surface area contributed by atoms with Crippen LogP contribution in [-0.2, 0) is 0 Å². The summed E-state index contributed by atoms with van der Waals surface area (Å²) >= 11 is 0. The van der Waals surface area contributed by atoms with E-state index in [1.165, 1.54) is 98.4 Å². The summed E-state index contributed by atoms with van der Waals surface area (Å²) in [5, 5.41) is 12.9. The highest BCUT2D eigenvalue weighted by Gasteiger charge is 2.19. The molecule has 0 radical (unpaired) electrons. The van der Waals surface area contributed by atoms with Crippen molar-refractivity contribution in [1.29, 1.82) is 0 Å². The standard InChI is InChI=1S/C46H32/c1-29-27-33(25-26-35(29)44-30(2)36-15-5-6-16-37(36)38-17-7-8-18-39(38)44)45-40-19-9-11-21-42(40)46(43-22-12-10-20-41(43)45)34-24-23-31-13-3-4-14-32(31)28-34/h3-28H,1-2H3. The summed E-state index contributed by atoms with van der Waals surface area (Å²) in [6.45, 7) is 4.56. The second-order valence-corrected chi connectivity index (χ2v) is 12.5. The van der Waals surface area contributed by atoms with Gasteiger partial charge in [0.1, 0.15) is 0 Å². The molecule has 0 saturated carbocycles. The van der Waals surface area contributed by atoms with E-state index in [2.05, 4.69) is 172 Å². The lowest BCUT2D eigenvalue weighted by Crippen LogP contribution is -1.94. The Balaban J connectivity index is 1.30. The van der Waals surface area contributed by atoms with Crippen molar-refractivity contribution in [2.75, 3.05) is 0 Å². The second-order valence-electron chi connectivity index (χ2n) is 12.5. The number of hydrogen-bond acceptors (Lipinski definition) is 0. The molecule has 0 atom stereocenters. The average Bonchev–Trinajstić information content (AvgIpc) is 3.11. The van der Waals surface area contributed by atoms with Crippen molar-refractivity contribution < 1.29 is 0 Å². The van der Waals surface area contributed by atoms with Crippen molar-refractivity contribution in [3.8, 4) is 33.4 Å². The van der Waals surface area contributed by atoms with Gasteiger partial charge in [0.05, 0.1) is 0 Å². The normalized spacial score (nSPS) is 11.7. The molecule has 0 N–H and O–H groups in total. The summed E-state index contributed by atoms with van der Waals surface area (Å²) in [6, 6.07) is 58.2. The van der Waals surface area contributed by atoms with Gasteiger partial charge in [-0.3, -0.25) is 0 Å². The van der Waals surface area contributed by atoms with Crippen molar-refractivity contribution in [3.63, 3.8) is 0 Å². The lowest BCUT2D eigenvalue weighted by atomic mass is 9.83. The first-order valence-corrected chi connectivity index (χ1v) is 16.1. The molecule has 0 heteroatoms. The van der Waals surface area contributed by atoms with Gasteiger partial charge in [-0.2, -0.15) is 0 Å². The number of rotatable bonds is 3. The molecule has 0 amide bonds. The van der Waals surface area contributed by atoms with Gasteiger partial charge in [-0.25, -0.2) is 0 Å². The van der Waals surface area contributed by atoms with E-state index in [1.54, 1.807) is 0 Å². The Kier molecular flexibility index (Phi) is 6.05. The van der Waals surface area contributed by atoms with Crippen LogP contribution in [0.3, 0.4) is 0 Å². The largest absolute Gasteiger partial charge is 0.0616 e. The molecule has 0 aliphatic rings. The molecule has 0 heterocycles. The van der Waals surface area contributed by atoms with Gasteiger partial charge < -0.3 is 0 Å². The first-order valence-electron chi connectivity index (χ1n) is 16.1. The third kappa shape index (κ3) is 4.00. The van der Waals surface area contributed by atoms with Crippen LogP contribution in [0.1, 0.15) is 11.1 Å². The lowest BCUT2D eigenvalue weighted by Gasteiger charge is -2.20. The Morgan fingerprint density at radius 1 is 0.304 bits per heavy atom. The Hall–Kier alpha value is -5.72. The maximum atomic E-state index is 2.41. The Morgan fingerprint density at radius 2 is 0.717 bits per heavy atom. The van der Waals surface area contributed by atoms with Gasteiger partial charge in [0, 0.05) is 0 Å². The number of benzene rings is 9. The molecule has 0 aromatic heterocycles. The molecule has 9 aromatic rings. The van der Waals surface area contributed by atoms with Crippen LogP contribution in [0.5, 0.6) is 0 Å². The number of fused-ring (bicyclic) bond motifs is 6. The summed E-state index contributed by atoms with van der Waals surface area (Å²) in [4.78, 5) is 0. The van der Waals surface area contributed by atoms with Crippen LogP contribution in [-0.4, -0.2) is 0 Å². The van der Waals surface area contributed by atoms with Gasteiger partial charge in [0.2, 0.25) is 0 Å². The first-order chi connectivity index (χ1) is 22.7. The van der Waals surface area contributed by atoms with Gasteiger partial charge in [0.25, 0.3) is 0 Å². The van der Waals surface area contributed by atoms with E-state index in [1.807, 2.05) is 0 Å². The van der Waals surface area contributed by atoms with Crippen LogP contribution < -0.4 is 0 Å². The van der Waals surface area contributed by atoms with Crippen LogP contribution in [0.4, 0.5) is 0 Å². The SMILES string of the molecule is Cc1cc(-c2c3ccccc3c(-c3ccc4ccccc4c3)c3ccccc23)ccc1-c1c(C)c2ccccc2c2ccccc12. The van der Waals surface area contributed by atoms with Crippen LogP contribution in [0, 0.1) is 13.8 Å². The first kappa shape index (κ1) is 26.7. The number of aryl methyl sites for hydroxylation is 2. The fourth-order valence-corrected chi connectivity index (χ4v) is 7.86. The molecule has 9 rings (SSSR count). The van der Waals surface area contributed by atoms with Crippen molar-refractivity contribution in [1.82, 2.24) is 0 Å². The zero-order chi connectivity index (χ0) is 30.8. The van der Waals surface area contributed by atoms with Crippen LogP contribution in [0.2, 0.25) is 0 Å². The maximum Gasteiger partial charge on any atom is -0.00262 e. The predicted molar refractivity (Wildman–Crippen MR) is 200 cm³/mol. The third-order valence-electron chi connectivity index (χ3n) is 9.95. The molecule has 216 valence electrons. The minimum atomic E-state index is 1.25. The summed E-state index contributed by atoms with van der Waals surface area (Å²) in [5.41, 5.74) is 10.3. The number of hydrogen-bond donors (Lipinski definition) is 0. The van der Waals surface area contributed by atoms with E-state index in [0.29, 0.717) is 0 Å². The Bertz CT molecular complexity index is 2600. The van der Waals surface area contributed by atoms with E-state index < -0.39 is 0 Å². The Morgan fingerprint density at radius 3 is 1.28 bits per heavy atom. The van der Waals surface area contributed by atoms with E-state index in [9.17, 15) is 0 Å². The average molecular weight is 585 g/mol. The quantitative estimate of drug-likeness (QED) is 0.143. The van der Waals surface area contributed by atoms with E-state index in [0.717, 1.165) is 0 Å². The zero-order valence-electron chi connectivity index (χ0n) is 26.0. The molecule has 0 fully saturated rings. The molecule has 0 nitrogen and oxygen atoms in total. The summed E-state index contributed by atoms with van der Waals surface area (Å²) < 4.78 is 0. The van der Waals surface area contributed by atoms with Gasteiger partial charge >= 0.3 is 0 Å². The van der Waals surface area contributed by atoms with Gasteiger partial charge in [-0.15, -0.1) is 0 Å². The second kappa shape index (κ2) is 10.4. The molecule has 0 saturated heterocycles. The fraction of sp³-hybridized carbons (Fsp3) is 0.0435. The van der Waals surface area contributed by atoms with Gasteiger partial charge in [-0.05, 0) is 118 Å². The van der Waals surface area contributed by atoms with Gasteiger partial charge in [0.15, 0.2) is 0 Å².